The molecule has 2 aromatic carbocycles. The predicted molar refractivity (Wildman–Crippen MR) is 123 cm³/mol. The van der Waals surface area contributed by atoms with Gasteiger partial charge in [0.15, 0.2) is 0 Å². The van der Waals surface area contributed by atoms with Crippen LogP contribution in [0.15, 0.2) is 48.5 Å². The van der Waals surface area contributed by atoms with Crippen LogP contribution in [-0.4, -0.2) is 29.3 Å². The van der Waals surface area contributed by atoms with Crippen molar-refractivity contribution in [3.8, 4) is 0 Å². The molecule has 0 spiro atoms. The number of aryl methyl sites for hydroxylation is 2. The molecule has 4 amide bonds. The largest absolute Gasteiger partial charge is 0.348 e. The summed E-state index contributed by atoms with van der Waals surface area (Å²) in [5.41, 5.74) is 3.16. The number of carbonyl (C=O) groups excluding carboxylic acids is 3. The van der Waals surface area contributed by atoms with E-state index in [0.717, 1.165) is 41.7 Å². The molecule has 2 atom stereocenters. The van der Waals surface area contributed by atoms with Gasteiger partial charge in [0.05, 0.1) is 6.04 Å². The molecule has 0 saturated carbocycles. The Morgan fingerprint density at radius 2 is 1.81 bits per heavy atom. The first-order valence-corrected chi connectivity index (χ1v) is 11.4. The zero-order valence-electron chi connectivity index (χ0n) is 19.0. The maximum atomic E-state index is 13.3. The van der Waals surface area contributed by atoms with Gasteiger partial charge in [-0.3, -0.25) is 14.5 Å². The van der Waals surface area contributed by atoms with E-state index in [9.17, 15) is 14.4 Å². The molecule has 0 aromatic heterocycles. The first-order chi connectivity index (χ1) is 15.3. The van der Waals surface area contributed by atoms with Crippen molar-refractivity contribution in [1.29, 1.82) is 0 Å². The number of amides is 4. The minimum absolute atomic E-state index is 0.174. The van der Waals surface area contributed by atoms with Gasteiger partial charge in [0, 0.05) is 0 Å². The Labute approximate surface area is 189 Å². The van der Waals surface area contributed by atoms with E-state index in [2.05, 4.69) is 24.5 Å². The number of urea groups is 1. The molecule has 1 heterocycles. The maximum absolute atomic E-state index is 13.3. The monoisotopic (exact) mass is 433 g/mol. The molecule has 4 rings (SSSR count). The zero-order chi connectivity index (χ0) is 22.9. The van der Waals surface area contributed by atoms with E-state index >= 15 is 0 Å². The highest BCUT2D eigenvalue weighted by Gasteiger charge is 2.49. The molecular weight excluding hydrogens is 402 g/mol. The molecule has 168 valence electrons. The van der Waals surface area contributed by atoms with Crippen molar-refractivity contribution in [3.05, 3.63) is 70.8 Å². The number of rotatable bonds is 7. The molecule has 2 N–H and O–H groups in total. The molecule has 6 nitrogen and oxygen atoms in total. The summed E-state index contributed by atoms with van der Waals surface area (Å²) >= 11 is 0. The van der Waals surface area contributed by atoms with Gasteiger partial charge in [0.25, 0.3) is 5.91 Å². The lowest BCUT2D eigenvalue weighted by Gasteiger charge is -2.24. The van der Waals surface area contributed by atoms with Crippen LogP contribution >= 0.6 is 0 Å². The van der Waals surface area contributed by atoms with Crippen molar-refractivity contribution in [2.75, 3.05) is 6.54 Å². The summed E-state index contributed by atoms with van der Waals surface area (Å²) in [6.45, 7) is 5.61. The zero-order valence-corrected chi connectivity index (χ0v) is 19.0. The van der Waals surface area contributed by atoms with E-state index in [1.807, 2.05) is 48.5 Å². The second kappa shape index (κ2) is 8.77. The summed E-state index contributed by atoms with van der Waals surface area (Å²) in [6, 6.07) is 15.1. The van der Waals surface area contributed by atoms with Gasteiger partial charge in [-0.25, -0.2) is 4.79 Å². The molecule has 0 unspecified atom stereocenters. The Hall–Kier alpha value is -3.15. The van der Waals surface area contributed by atoms with Gasteiger partial charge in [-0.15, -0.1) is 0 Å². The lowest BCUT2D eigenvalue weighted by Crippen LogP contribution is -2.44. The predicted octanol–water partition coefficient (Wildman–Crippen LogP) is 3.85. The van der Waals surface area contributed by atoms with Crippen molar-refractivity contribution in [2.24, 2.45) is 5.92 Å². The van der Waals surface area contributed by atoms with Gasteiger partial charge in [-0.1, -0.05) is 62.4 Å². The second-order valence-electron chi connectivity index (χ2n) is 9.44. The van der Waals surface area contributed by atoms with E-state index in [1.165, 1.54) is 11.1 Å². The molecule has 1 aliphatic carbocycles. The summed E-state index contributed by atoms with van der Waals surface area (Å²) in [6.07, 6.45) is 3.92. The van der Waals surface area contributed by atoms with E-state index in [0.29, 0.717) is 5.92 Å². The lowest BCUT2D eigenvalue weighted by atomic mass is 9.89. The third kappa shape index (κ3) is 4.27. The van der Waals surface area contributed by atoms with Gasteiger partial charge in [0.1, 0.15) is 12.1 Å². The summed E-state index contributed by atoms with van der Waals surface area (Å²) < 4.78 is 0. The fourth-order valence-corrected chi connectivity index (χ4v) is 4.74. The van der Waals surface area contributed by atoms with Crippen molar-refractivity contribution in [1.82, 2.24) is 15.5 Å². The van der Waals surface area contributed by atoms with E-state index in [-0.39, 0.29) is 18.5 Å². The molecular formula is C26H31N3O3. The highest BCUT2D eigenvalue weighted by atomic mass is 16.2. The minimum atomic E-state index is -1.16. The second-order valence-corrected chi connectivity index (χ2v) is 9.44. The highest BCUT2D eigenvalue weighted by Crippen LogP contribution is 2.32. The minimum Gasteiger partial charge on any atom is -0.348 e. The van der Waals surface area contributed by atoms with E-state index in [4.69, 9.17) is 0 Å². The highest BCUT2D eigenvalue weighted by molar-refractivity contribution is 6.09. The standard InChI is InChI=1S/C26H31N3O3/c1-17(2)14-22(19-8-5-4-6-9-19)27-23(30)16-29-24(31)26(3,28-25(29)32)21-13-12-18-10-7-11-20(18)15-21/h4-6,8-9,12-13,15,17,22H,7,10-11,14,16H2,1-3H3,(H,27,30)(H,28,32)/t22-,26-/m0/s1. The molecule has 1 saturated heterocycles. The van der Waals surface area contributed by atoms with Gasteiger partial charge in [-0.2, -0.15) is 0 Å². The average Bonchev–Trinajstić information content (AvgIpc) is 3.32. The number of carbonyl (C=O) groups is 3. The Kier molecular flexibility index (Phi) is 6.04. The molecule has 32 heavy (non-hydrogen) atoms. The van der Waals surface area contributed by atoms with Crippen LogP contribution in [-0.2, 0) is 28.0 Å². The molecule has 1 fully saturated rings. The third-order valence-corrected chi connectivity index (χ3v) is 6.50. The number of fused-ring (bicyclic) bond motifs is 1. The molecule has 0 radical (unpaired) electrons. The van der Waals surface area contributed by atoms with Gasteiger partial charge in [-0.05, 0) is 60.8 Å². The topological polar surface area (TPSA) is 78.5 Å². The van der Waals surface area contributed by atoms with Crippen molar-refractivity contribution in [2.45, 2.75) is 58.0 Å². The van der Waals surface area contributed by atoms with Crippen LogP contribution in [0, 0.1) is 5.92 Å². The van der Waals surface area contributed by atoms with Crippen LogP contribution < -0.4 is 10.6 Å². The van der Waals surface area contributed by atoms with Crippen LogP contribution in [0.3, 0.4) is 0 Å². The number of benzene rings is 2. The summed E-state index contributed by atoms with van der Waals surface area (Å²) in [5, 5.41) is 5.84. The average molecular weight is 434 g/mol. The smallest absolute Gasteiger partial charge is 0.325 e. The molecule has 6 heteroatoms. The Bertz CT molecular complexity index is 1030. The first-order valence-electron chi connectivity index (χ1n) is 11.4. The number of nitrogens with one attached hydrogen (secondary N) is 2. The van der Waals surface area contributed by atoms with Crippen LogP contribution in [0.5, 0.6) is 0 Å². The van der Waals surface area contributed by atoms with E-state index < -0.39 is 17.5 Å². The number of hydrogen-bond acceptors (Lipinski definition) is 3. The van der Waals surface area contributed by atoms with Crippen LogP contribution in [0.4, 0.5) is 4.79 Å². The third-order valence-electron chi connectivity index (χ3n) is 6.50. The van der Waals surface area contributed by atoms with E-state index in [1.54, 1.807) is 6.92 Å². The summed E-state index contributed by atoms with van der Waals surface area (Å²) in [4.78, 5) is 39.9. The first kappa shape index (κ1) is 22.1. The van der Waals surface area contributed by atoms with Crippen molar-refractivity contribution < 1.29 is 14.4 Å². The van der Waals surface area contributed by atoms with Crippen LogP contribution in [0.25, 0.3) is 0 Å². The fourth-order valence-electron chi connectivity index (χ4n) is 4.74. The fraction of sp³-hybridized carbons (Fsp3) is 0.423. The van der Waals surface area contributed by atoms with Crippen LogP contribution in [0.1, 0.15) is 61.9 Å². The maximum Gasteiger partial charge on any atom is 0.325 e. The van der Waals surface area contributed by atoms with Gasteiger partial charge < -0.3 is 10.6 Å². The Balaban J connectivity index is 1.48. The quantitative estimate of drug-likeness (QED) is 0.651. The van der Waals surface area contributed by atoms with Gasteiger partial charge >= 0.3 is 6.03 Å². The van der Waals surface area contributed by atoms with Gasteiger partial charge in [0.2, 0.25) is 5.91 Å². The van der Waals surface area contributed by atoms with Crippen molar-refractivity contribution in [3.63, 3.8) is 0 Å². The normalized spacial score (nSPS) is 20.9. The molecule has 2 aromatic rings. The summed E-state index contributed by atoms with van der Waals surface area (Å²) in [7, 11) is 0. The van der Waals surface area contributed by atoms with Crippen LogP contribution in [0.2, 0.25) is 0 Å². The van der Waals surface area contributed by atoms with Crippen molar-refractivity contribution >= 4 is 17.8 Å². The number of hydrogen-bond donors (Lipinski definition) is 2. The molecule has 1 aliphatic heterocycles. The molecule has 0 bridgehead atoms. The molecule has 2 aliphatic rings. The lowest BCUT2D eigenvalue weighted by molar-refractivity contribution is -0.135. The Morgan fingerprint density at radius 3 is 2.53 bits per heavy atom. The SMILES string of the molecule is CC(C)C[C@H](NC(=O)CN1C(=O)N[C@@](C)(c2ccc3c(c2)CCC3)C1=O)c1ccccc1. The Morgan fingerprint density at radius 1 is 1.09 bits per heavy atom. The number of nitrogens with zero attached hydrogens (tertiary/aromatic N) is 1. The summed E-state index contributed by atoms with van der Waals surface area (Å²) in [5.74, 6) is -0.364. The number of imide groups is 1.